The van der Waals surface area contributed by atoms with Gasteiger partial charge in [-0.05, 0) is 30.7 Å². The lowest BCUT2D eigenvalue weighted by molar-refractivity contribution is 0.171. The van der Waals surface area contributed by atoms with Crippen molar-refractivity contribution in [3.05, 3.63) is 23.8 Å². The van der Waals surface area contributed by atoms with E-state index in [9.17, 15) is 4.79 Å². The van der Waals surface area contributed by atoms with Crippen molar-refractivity contribution in [2.24, 2.45) is 5.10 Å². The van der Waals surface area contributed by atoms with Crippen LogP contribution in [0.25, 0.3) is 0 Å². The molecule has 0 radical (unpaired) electrons. The molecule has 0 aromatic heterocycles. The molecule has 0 aliphatic rings. The smallest absolute Gasteiger partial charge is 0.427 e. The molecule has 0 saturated carbocycles. The summed E-state index contributed by atoms with van der Waals surface area (Å²) in [6.45, 7) is 2.46. The number of benzene rings is 1. The second-order valence-electron chi connectivity index (χ2n) is 3.20. The predicted octanol–water partition coefficient (Wildman–Crippen LogP) is 1.78. The second kappa shape index (κ2) is 7.16. The maximum absolute atomic E-state index is 10.8. The van der Waals surface area contributed by atoms with Gasteiger partial charge in [-0.3, -0.25) is 0 Å². The number of hydrogen-bond acceptors (Lipinski definition) is 5. The predicted molar refractivity (Wildman–Crippen MR) is 67.3 cm³/mol. The average molecular weight is 252 g/mol. The Morgan fingerprint density at radius 2 is 2.17 bits per heavy atom. The Bertz CT molecular complexity index is 432. The van der Waals surface area contributed by atoms with E-state index in [-0.39, 0.29) is 0 Å². The minimum Gasteiger partial charge on any atom is -0.493 e. The Hall–Kier alpha value is -2.24. The molecule has 1 amide bonds. The van der Waals surface area contributed by atoms with Gasteiger partial charge in [-0.15, -0.1) is 0 Å². The molecule has 98 valence electrons. The van der Waals surface area contributed by atoms with E-state index < -0.39 is 6.09 Å². The minimum atomic E-state index is -0.621. The fraction of sp³-hybridized carbons (Fsp3) is 0.333. The summed E-state index contributed by atoms with van der Waals surface area (Å²) in [5.74, 6) is 1.27. The first kappa shape index (κ1) is 13.8. The number of hydrogen-bond donors (Lipinski definition) is 1. The van der Waals surface area contributed by atoms with E-state index in [0.29, 0.717) is 18.1 Å². The highest BCUT2D eigenvalue weighted by atomic mass is 16.5. The highest BCUT2D eigenvalue weighted by Gasteiger charge is 2.04. The molecule has 6 heteroatoms. The number of carbonyl (C=O) groups is 1. The van der Waals surface area contributed by atoms with Crippen molar-refractivity contribution in [2.45, 2.75) is 6.92 Å². The number of ether oxygens (including phenoxy) is 3. The van der Waals surface area contributed by atoms with Crippen LogP contribution in [-0.2, 0) is 4.74 Å². The maximum atomic E-state index is 10.8. The average Bonchev–Trinajstić information content (AvgIpc) is 2.40. The molecule has 1 aromatic carbocycles. The third-order valence-electron chi connectivity index (χ3n) is 2.04. The zero-order valence-corrected chi connectivity index (χ0v) is 10.6. The summed E-state index contributed by atoms with van der Waals surface area (Å²) >= 11 is 0. The van der Waals surface area contributed by atoms with E-state index >= 15 is 0 Å². The van der Waals surface area contributed by atoms with Crippen LogP contribution in [0, 0.1) is 0 Å². The van der Waals surface area contributed by atoms with Crippen molar-refractivity contribution in [1.29, 1.82) is 0 Å². The van der Waals surface area contributed by atoms with E-state index in [4.69, 9.17) is 9.47 Å². The van der Waals surface area contributed by atoms with Crippen molar-refractivity contribution in [3.63, 3.8) is 0 Å². The van der Waals surface area contributed by atoms with Crippen LogP contribution in [-0.4, -0.2) is 33.1 Å². The molecule has 0 atom stereocenters. The summed E-state index contributed by atoms with van der Waals surface area (Å²) < 4.78 is 14.9. The van der Waals surface area contributed by atoms with Gasteiger partial charge in [0, 0.05) is 0 Å². The summed E-state index contributed by atoms with van der Waals surface area (Å²) in [5, 5.41) is 3.72. The highest BCUT2D eigenvalue weighted by Crippen LogP contribution is 2.27. The minimum absolute atomic E-state index is 0.563. The lowest BCUT2D eigenvalue weighted by atomic mass is 10.2. The second-order valence-corrected chi connectivity index (χ2v) is 3.20. The van der Waals surface area contributed by atoms with Crippen LogP contribution in [0.15, 0.2) is 23.3 Å². The molecule has 18 heavy (non-hydrogen) atoms. The topological polar surface area (TPSA) is 69.2 Å². The van der Waals surface area contributed by atoms with Crippen molar-refractivity contribution in [3.8, 4) is 11.5 Å². The molecule has 0 saturated heterocycles. The van der Waals surface area contributed by atoms with E-state index in [0.717, 1.165) is 5.56 Å². The van der Waals surface area contributed by atoms with E-state index in [1.807, 2.05) is 6.92 Å². The number of nitrogens with zero attached hydrogens (tertiary/aromatic N) is 1. The number of rotatable bonds is 5. The molecule has 0 spiro atoms. The van der Waals surface area contributed by atoms with Gasteiger partial charge in [0.2, 0.25) is 0 Å². The van der Waals surface area contributed by atoms with E-state index in [2.05, 4.69) is 15.3 Å². The Balaban J connectivity index is 2.75. The monoisotopic (exact) mass is 252 g/mol. The standard InChI is InChI=1S/C12H16N2O4/c1-4-18-10-6-5-9(7-11(10)16-2)8-13-14-12(15)17-3/h5-8H,4H2,1-3H3,(H,14,15)/b13-8+. The Morgan fingerprint density at radius 1 is 1.39 bits per heavy atom. The van der Waals surface area contributed by atoms with Gasteiger partial charge in [0.15, 0.2) is 11.5 Å². The zero-order chi connectivity index (χ0) is 13.4. The maximum Gasteiger partial charge on any atom is 0.427 e. The summed E-state index contributed by atoms with van der Waals surface area (Å²) in [6.07, 6.45) is 0.860. The van der Waals surface area contributed by atoms with Crippen LogP contribution in [0.1, 0.15) is 12.5 Å². The molecule has 1 aromatic rings. The number of methoxy groups -OCH3 is 2. The summed E-state index contributed by atoms with van der Waals surface area (Å²) in [7, 11) is 2.83. The van der Waals surface area contributed by atoms with Gasteiger partial charge in [-0.2, -0.15) is 5.10 Å². The Labute approximate surface area is 106 Å². The van der Waals surface area contributed by atoms with Gasteiger partial charge in [-0.1, -0.05) is 0 Å². The number of nitrogens with one attached hydrogen (secondary N) is 1. The van der Waals surface area contributed by atoms with Crippen molar-refractivity contribution in [2.75, 3.05) is 20.8 Å². The van der Waals surface area contributed by atoms with Crippen LogP contribution >= 0.6 is 0 Å². The summed E-state index contributed by atoms with van der Waals surface area (Å²) in [4.78, 5) is 10.8. The van der Waals surface area contributed by atoms with Crippen LogP contribution in [0.2, 0.25) is 0 Å². The summed E-state index contributed by atoms with van der Waals surface area (Å²) in [6, 6.07) is 5.34. The number of carbonyl (C=O) groups excluding carboxylic acids is 1. The van der Waals surface area contributed by atoms with Crippen LogP contribution in [0.3, 0.4) is 0 Å². The van der Waals surface area contributed by atoms with Gasteiger partial charge in [0.25, 0.3) is 0 Å². The molecule has 0 heterocycles. The Morgan fingerprint density at radius 3 is 2.78 bits per heavy atom. The van der Waals surface area contributed by atoms with E-state index in [1.54, 1.807) is 25.3 Å². The van der Waals surface area contributed by atoms with Crippen molar-refractivity contribution in [1.82, 2.24) is 5.43 Å². The molecule has 6 nitrogen and oxygen atoms in total. The number of amides is 1. The molecule has 1 rings (SSSR count). The van der Waals surface area contributed by atoms with Gasteiger partial charge >= 0.3 is 6.09 Å². The summed E-state index contributed by atoms with van der Waals surface area (Å²) in [5.41, 5.74) is 2.96. The van der Waals surface area contributed by atoms with Gasteiger partial charge in [0.1, 0.15) is 0 Å². The largest absolute Gasteiger partial charge is 0.493 e. The first-order valence-corrected chi connectivity index (χ1v) is 5.39. The molecule has 0 bridgehead atoms. The number of hydrazone groups is 1. The van der Waals surface area contributed by atoms with Gasteiger partial charge in [-0.25, -0.2) is 10.2 Å². The quantitative estimate of drug-likeness (QED) is 0.640. The lowest BCUT2D eigenvalue weighted by Crippen LogP contribution is -2.16. The van der Waals surface area contributed by atoms with E-state index in [1.165, 1.54) is 13.3 Å². The highest BCUT2D eigenvalue weighted by molar-refractivity contribution is 5.82. The van der Waals surface area contributed by atoms with Gasteiger partial charge < -0.3 is 14.2 Å². The molecule has 0 aliphatic heterocycles. The first-order chi connectivity index (χ1) is 8.71. The van der Waals surface area contributed by atoms with Crippen LogP contribution < -0.4 is 14.9 Å². The SMILES string of the molecule is CCOc1ccc(/C=N/NC(=O)OC)cc1OC. The molecular weight excluding hydrogens is 236 g/mol. The lowest BCUT2D eigenvalue weighted by Gasteiger charge is -2.09. The Kier molecular flexibility index (Phi) is 5.50. The fourth-order valence-corrected chi connectivity index (χ4v) is 1.24. The van der Waals surface area contributed by atoms with Crippen molar-refractivity contribution < 1.29 is 19.0 Å². The molecule has 1 N–H and O–H groups in total. The third-order valence-corrected chi connectivity index (χ3v) is 2.04. The molecule has 0 unspecified atom stereocenters. The third kappa shape index (κ3) is 3.97. The van der Waals surface area contributed by atoms with Gasteiger partial charge in [0.05, 0.1) is 27.0 Å². The normalized spacial score (nSPS) is 10.2. The van der Waals surface area contributed by atoms with Crippen LogP contribution in [0.4, 0.5) is 4.79 Å². The van der Waals surface area contributed by atoms with Crippen LogP contribution in [0.5, 0.6) is 11.5 Å². The first-order valence-electron chi connectivity index (χ1n) is 5.39. The zero-order valence-electron chi connectivity index (χ0n) is 10.6. The molecule has 0 fully saturated rings. The van der Waals surface area contributed by atoms with Crippen molar-refractivity contribution >= 4 is 12.3 Å². The molecule has 0 aliphatic carbocycles. The molecular formula is C12H16N2O4. The fourth-order valence-electron chi connectivity index (χ4n) is 1.24.